The lowest BCUT2D eigenvalue weighted by molar-refractivity contribution is -0.118. The maximum absolute atomic E-state index is 11.9. The van der Waals surface area contributed by atoms with Gasteiger partial charge in [-0.25, -0.2) is 15.0 Å². The summed E-state index contributed by atoms with van der Waals surface area (Å²) in [5.74, 6) is 0.411. The van der Waals surface area contributed by atoms with Crippen molar-refractivity contribution < 1.29 is 4.79 Å². The van der Waals surface area contributed by atoms with Crippen LogP contribution in [0.5, 0.6) is 0 Å². The van der Waals surface area contributed by atoms with Crippen molar-refractivity contribution in [2.45, 2.75) is 56.9 Å². The summed E-state index contributed by atoms with van der Waals surface area (Å²) in [6.45, 7) is 2.99. The van der Waals surface area contributed by atoms with Crippen molar-refractivity contribution in [2.24, 2.45) is 0 Å². The van der Waals surface area contributed by atoms with Crippen LogP contribution in [0.25, 0.3) is 11.2 Å². The molecule has 0 aromatic carbocycles. The highest BCUT2D eigenvalue weighted by atomic mass is 32.2. The fourth-order valence-electron chi connectivity index (χ4n) is 2.35. The molecule has 2 aromatic heterocycles. The van der Waals surface area contributed by atoms with Gasteiger partial charge >= 0.3 is 0 Å². The average Bonchev–Trinajstić information content (AvgIpc) is 3.04. The van der Waals surface area contributed by atoms with E-state index in [2.05, 4.69) is 32.2 Å². The molecule has 0 saturated heterocycles. The average molecular weight is 335 g/mol. The molecule has 7 heteroatoms. The molecule has 0 fully saturated rings. The molecule has 0 atom stereocenters. The Morgan fingerprint density at radius 3 is 2.74 bits per heavy atom. The predicted octanol–water partition coefficient (Wildman–Crippen LogP) is 3.31. The Bertz CT molecular complexity index is 601. The molecule has 0 aliphatic rings. The van der Waals surface area contributed by atoms with E-state index in [0.717, 1.165) is 23.5 Å². The predicted molar refractivity (Wildman–Crippen MR) is 93.4 cm³/mol. The summed E-state index contributed by atoms with van der Waals surface area (Å²) < 4.78 is 0. The number of hydrogen-bond donors (Lipinski definition) is 2. The Morgan fingerprint density at radius 2 is 1.91 bits per heavy atom. The van der Waals surface area contributed by atoms with Crippen molar-refractivity contribution in [1.82, 2.24) is 25.3 Å². The number of carbonyl (C=O) groups is 1. The van der Waals surface area contributed by atoms with Gasteiger partial charge in [0.2, 0.25) is 5.91 Å². The molecule has 0 radical (unpaired) electrons. The summed E-state index contributed by atoms with van der Waals surface area (Å²) in [6.07, 6.45) is 11.8. The first-order chi connectivity index (χ1) is 11.3. The fourth-order valence-corrected chi connectivity index (χ4v) is 3.13. The monoisotopic (exact) mass is 335 g/mol. The van der Waals surface area contributed by atoms with Gasteiger partial charge in [-0.15, -0.1) is 0 Å². The third-order valence-electron chi connectivity index (χ3n) is 3.63. The van der Waals surface area contributed by atoms with E-state index in [9.17, 15) is 4.79 Å². The summed E-state index contributed by atoms with van der Waals surface area (Å²) in [5.41, 5.74) is 1.42. The number of aromatic amines is 1. The molecule has 0 unspecified atom stereocenters. The van der Waals surface area contributed by atoms with E-state index in [-0.39, 0.29) is 5.91 Å². The minimum atomic E-state index is 0.0484. The number of amides is 1. The highest BCUT2D eigenvalue weighted by molar-refractivity contribution is 8.00. The van der Waals surface area contributed by atoms with Crippen LogP contribution in [-0.4, -0.2) is 38.1 Å². The second kappa shape index (κ2) is 10.2. The minimum Gasteiger partial charge on any atom is -0.355 e. The summed E-state index contributed by atoms with van der Waals surface area (Å²) in [4.78, 5) is 27.2. The van der Waals surface area contributed by atoms with Crippen LogP contribution in [0.1, 0.15) is 51.9 Å². The largest absolute Gasteiger partial charge is 0.355 e. The number of H-pyrrole nitrogens is 1. The van der Waals surface area contributed by atoms with E-state index in [1.807, 2.05) is 0 Å². The van der Waals surface area contributed by atoms with Crippen LogP contribution in [0, 0.1) is 0 Å². The molecule has 6 nitrogen and oxygen atoms in total. The molecule has 0 saturated carbocycles. The van der Waals surface area contributed by atoms with Crippen molar-refractivity contribution in [3.8, 4) is 0 Å². The Morgan fingerprint density at radius 1 is 1.13 bits per heavy atom. The molecule has 2 heterocycles. The number of rotatable bonds is 11. The molecular formula is C16H25N5OS. The van der Waals surface area contributed by atoms with Crippen LogP contribution in [0.4, 0.5) is 0 Å². The summed E-state index contributed by atoms with van der Waals surface area (Å²) in [6, 6.07) is 0. The molecular weight excluding hydrogens is 310 g/mol. The molecule has 0 aliphatic heterocycles. The standard InChI is InChI=1S/C16H25N5OS/c1-2-3-4-5-6-7-8-9-17-13(22)10-23-16-14-15(19-11-18-14)20-12-21-16/h11-12H,2-10H2,1H3,(H,17,22)(H,18,19,20,21). The summed E-state index contributed by atoms with van der Waals surface area (Å²) in [7, 11) is 0. The molecule has 0 aliphatic carbocycles. The van der Waals surface area contributed by atoms with Crippen LogP contribution in [-0.2, 0) is 4.79 Å². The van der Waals surface area contributed by atoms with Gasteiger partial charge in [0, 0.05) is 6.54 Å². The fraction of sp³-hybridized carbons (Fsp3) is 0.625. The highest BCUT2D eigenvalue weighted by Gasteiger charge is 2.08. The summed E-state index contributed by atoms with van der Waals surface area (Å²) in [5, 5.41) is 3.73. The van der Waals surface area contributed by atoms with Crippen molar-refractivity contribution in [3.63, 3.8) is 0 Å². The van der Waals surface area contributed by atoms with Crippen LogP contribution in [0.15, 0.2) is 17.7 Å². The van der Waals surface area contributed by atoms with Gasteiger partial charge in [0.1, 0.15) is 16.9 Å². The number of hydrogen-bond acceptors (Lipinski definition) is 5. The number of fused-ring (bicyclic) bond motifs is 1. The maximum Gasteiger partial charge on any atom is 0.230 e. The molecule has 0 spiro atoms. The normalized spacial score (nSPS) is 11.0. The van der Waals surface area contributed by atoms with Crippen molar-refractivity contribution in [2.75, 3.05) is 12.3 Å². The topological polar surface area (TPSA) is 83.6 Å². The van der Waals surface area contributed by atoms with Crippen molar-refractivity contribution >= 4 is 28.8 Å². The minimum absolute atomic E-state index is 0.0484. The van der Waals surface area contributed by atoms with Gasteiger partial charge in [-0.3, -0.25) is 4.79 Å². The molecule has 2 N–H and O–H groups in total. The van der Waals surface area contributed by atoms with Gasteiger partial charge in [0.25, 0.3) is 0 Å². The number of nitrogens with zero attached hydrogens (tertiary/aromatic N) is 3. The number of unbranched alkanes of at least 4 members (excludes halogenated alkanes) is 6. The van der Waals surface area contributed by atoms with Gasteiger partial charge in [-0.05, 0) is 6.42 Å². The van der Waals surface area contributed by atoms with E-state index < -0.39 is 0 Å². The molecule has 0 bridgehead atoms. The third kappa shape index (κ3) is 6.17. The maximum atomic E-state index is 11.9. The summed E-state index contributed by atoms with van der Waals surface area (Å²) >= 11 is 1.41. The molecule has 2 aromatic rings. The Labute approximate surface area is 141 Å². The van der Waals surface area contributed by atoms with Gasteiger partial charge in [0.15, 0.2) is 5.65 Å². The third-order valence-corrected chi connectivity index (χ3v) is 4.62. The zero-order valence-electron chi connectivity index (χ0n) is 13.7. The number of carbonyl (C=O) groups excluding carboxylic acids is 1. The Hall–Kier alpha value is -1.63. The molecule has 2 rings (SSSR count). The zero-order chi connectivity index (χ0) is 16.3. The van der Waals surface area contributed by atoms with Gasteiger partial charge in [0.05, 0.1) is 12.1 Å². The van der Waals surface area contributed by atoms with E-state index in [1.165, 1.54) is 56.6 Å². The first-order valence-corrected chi connectivity index (χ1v) is 9.33. The van der Waals surface area contributed by atoms with Gasteiger partial charge in [-0.1, -0.05) is 57.2 Å². The number of nitrogens with one attached hydrogen (secondary N) is 2. The molecule has 1 amide bonds. The Balaban J connectivity index is 1.58. The zero-order valence-corrected chi connectivity index (χ0v) is 14.5. The van der Waals surface area contributed by atoms with Gasteiger partial charge in [-0.2, -0.15) is 0 Å². The SMILES string of the molecule is CCCCCCCCCNC(=O)CSc1ncnc2nc[nH]c12. The van der Waals surface area contributed by atoms with E-state index in [1.54, 1.807) is 6.33 Å². The number of thioether (sulfide) groups is 1. The van der Waals surface area contributed by atoms with Crippen LogP contribution in [0.3, 0.4) is 0 Å². The number of imidazole rings is 1. The van der Waals surface area contributed by atoms with E-state index in [0.29, 0.717) is 11.4 Å². The lowest BCUT2D eigenvalue weighted by Gasteiger charge is -2.05. The van der Waals surface area contributed by atoms with Gasteiger partial charge < -0.3 is 10.3 Å². The second-order valence-electron chi connectivity index (χ2n) is 5.54. The van der Waals surface area contributed by atoms with Crippen LogP contribution >= 0.6 is 11.8 Å². The highest BCUT2D eigenvalue weighted by Crippen LogP contribution is 2.21. The van der Waals surface area contributed by atoms with E-state index in [4.69, 9.17) is 0 Å². The Kier molecular flexibility index (Phi) is 7.86. The van der Waals surface area contributed by atoms with Crippen molar-refractivity contribution in [1.29, 1.82) is 0 Å². The first kappa shape index (κ1) is 17.7. The lowest BCUT2D eigenvalue weighted by Crippen LogP contribution is -2.26. The quantitative estimate of drug-likeness (QED) is 0.374. The molecule has 126 valence electrons. The van der Waals surface area contributed by atoms with E-state index >= 15 is 0 Å². The first-order valence-electron chi connectivity index (χ1n) is 8.35. The number of aromatic nitrogens is 4. The molecule has 23 heavy (non-hydrogen) atoms. The van der Waals surface area contributed by atoms with Crippen LogP contribution in [0.2, 0.25) is 0 Å². The lowest BCUT2D eigenvalue weighted by atomic mass is 10.1. The van der Waals surface area contributed by atoms with Crippen LogP contribution < -0.4 is 5.32 Å². The second-order valence-corrected chi connectivity index (χ2v) is 6.50. The smallest absolute Gasteiger partial charge is 0.230 e. The van der Waals surface area contributed by atoms with Crippen molar-refractivity contribution in [3.05, 3.63) is 12.7 Å².